The molecule has 3 aromatic heterocycles. The third-order valence-electron chi connectivity index (χ3n) is 4.76. The Bertz CT molecular complexity index is 1440. The quantitative estimate of drug-likeness (QED) is 0.262. The van der Waals surface area contributed by atoms with Gasteiger partial charge in [0.25, 0.3) is 18.2 Å². The number of halogens is 2. The summed E-state index contributed by atoms with van der Waals surface area (Å²) in [6.07, 6.45) is -2.90. The molecule has 0 spiro atoms. The van der Waals surface area contributed by atoms with E-state index < -0.39 is 46.1 Å². The third-order valence-corrected chi connectivity index (χ3v) is 5.86. The fourth-order valence-electron chi connectivity index (χ4n) is 3.33. The molecule has 4 aromatic rings. The molecule has 4 rings (SSSR count). The maximum Gasteiger partial charge on any atom is 0.362 e. The Hall–Kier alpha value is -4.46. The van der Waals surface area contributed by atoms with Crippen molar-refractivity contribution in [3.8, 4) is 17.0 Å². The molecule has 0 saturated carbocycles. The Morgan fingerprint density at radius 2 is 2.00 bits per heavy atom. The van der Waals surface area contributed by atoms with Crippen molar-refractivity contribution in [2.45, 2.75) is 6.43 Å². The van der Waals surface area contributed by atoms with Crippen molar-refractivity contribution < 1.29 is 28.0 Å². The van der Waals surface area contributed by atoms with E-state index >= 15 is 0 Å². The highest BCUT2D eigenvalue weighted by Gasteiger charge is 2.32. The van der Waals surface area contributed by atoms with Crippen LogP contribution in [0.5, 0.6) is 5.88 Å². The lowest BCUT2D eigenvalue weighted by Gasteiger charge is -2.10. The summed E-state index contributed by atoms with van der Waals surface area (Å²) in [5.41, 5.74) is 4.33. The summed E-state index contributed by atoms with van der Waals surface area (Å²) < 4.78 is 31.9. The standard InChI is InChI=1S/C20H14F2N6O5S/c1-33-19-14(28(31)32)13(26-27-19)18(30)25-12-11-9(8-5-3-2-4-6-8)7-10(16(21)22)24-20(11)34-15(12)17(23)29/h2-7,16H,1H3,(H2,23,29)(H,25,30)(H,26,27). The van der Waals surface area contributed by atoms with Crippen molar-refractivity contribution in [3.05, 3.63) is 62.8 Å². The molecular formula is C20H14F2N6O5S. The highest BCUT2D eigenvalue weighted by molar-refractivity contribution is 7.21. The number of nitrogens with zero attached hydrogens (tertiary/aromatic N) is 3. The second kappa shape index (κ2) is 8.82. The molecule has 0 unspecified atom stereocenters. The lowest BCUT2D eigenvalue weighted by Crippen LogP contribution is -2.18. The molecule has 174 valence electrons. The number of carbonyl (C=O) groups is 2. The number of amides is 2. The zero-order valence-electron chi connectivity index (χ0n) is 17.2. The Kier molecular flexibility index (Phi) is 5.89. The van der Waals surface area contributed by atoms with Crippen LogP contribution in [0.1, 0.15) is 32.3 Å². The Morgan fingerprint density at radius 3 is 2.59 bits per heavy atom. The normalized spacial score (nSPS) is 11.1. The number of hydrogen-bond acceptors (Lipinski definition) is 8. The van der Waals surface area contributed by atoms with Crippen LogP contribution >= 0.6 is 11.3 Å². The van der Waals surface area contributed by atoms with Gasteiger partial charge in [0.2, 0.25) is 5.69 Å². The molecule has 11 nitrogen and oxygen atoms in total. The van der Waals surface area contributed by atoms with Crippen LogP contribution in [-0.4, -0.2) is 39.0 Å². The van der Waals surface area contributed by atoms with E-state index in [1.807, 2.05) is 0 Å². The number of nitrogens with one attached hydrogen (secondary N) is 2. The van der Waals surface area contributed by atoms with E-state index in [0.29, 0.717) is 16.9 Å². The molecule has 0 aliphatic rings. The largest absolute Gasteiger partial charge is 0.475 e. The number of ether oxygens (including phenoxy) is 1. The number of hydrogen-bond donors (Lipinski definition) is 3. The van der Waals surface area contributed by atoms with Gasteiger partial charge in [-0.3, -0.25) is 24.8 Å². The predicted molar refractivity (Wildman–Crippen MR) is 118 cm³/mol. The van der Waals surface area contributed by atoms with Gasteiger partial charge < -0.3 is 15.8 Å². The molecule has 2 amide bonds. The molecule has 0 aliphatic heterocycles. The van der Waals surface area contributed by atoms with Crippen LogP contribution < -0.4 is 15.8 Å². The van der Waals surface area contributed by atoms with Gasteiger partial charge in [-0.05, 0) is 17.2 Å². The van der Waals surface area contributed by atoms with Crippen LogP contribution in [0.25, 0.3) is 21.3 Å². The first-order chi connectivity index (χ1) is 16.2. The zero-order valence-corrected chi connectivity index (χ0v) is 18.0. The number of H-pyrrole nitrogens is 1. The first kappa shape index (κ1) is 22.7. The van der Waals surface area contributed by atoms with Crippen LogP contribution in [0, 0.1) is 10.1 Å². The smallest absolute Gasteiger partial charge is 0.362 e. The molecule has 0 radical (unpaired) electrons. The van der Waals surface area contributed by atoms with Gasteiger partial charge in [-0.1, -0.05) is 30.3 Å². The summed E-state index contributed by atoms with van der Waals surface area (Å²) in [5.74, 6) is -2.40. The Balaban J connectivity index is 1.95. The highest BCUT2D eigenvalue weighted by atomic mass is 32.1. The van der Waals surface area contributed by atoms with Gasteiger partial charge in [0.05, 0.1) is 17.7 Å². The van der Waals surface area contributed by atoms with Gasteiger partial charge in [-0.15, -0.1) is 16.4 Å². The summed E-state index contributed by atoms with van der Waals surface area (Å²) in [4.78, 5) is 39.5. The number of nitro groups is 1. The summed E-state index contributed by atoms with van der Waals surface area (Å²) >= 11 is 0.712. The van der Waals surface area contributed by atoms with Gasteiger partial charge in [0, 0.05) is 5.39 Å². The lowest BCUT2D eigenvalue weighted by atomic mass is 10.0. The first-order valence-corrected chi connectivity index (χ1v) is 10.2. The Labute approximate surface area is 192 Å². The number of rotatable bonds is 7. The maximum atomic E-state index is 13.5. The molecule has 34 heavy (non-hydrogen) atoms. The van der Waals surface area contributed by atoms with Crippen molar-refractivity contribution in [1.29, 1.82) is 0 Å². The van der Waals surface area contributed by atoms with Gasteiger partial charge in [0.1, 0.15) is 15.4 Å². The average Bonchev–Trinajstić information content (AvgIpc) is 3.41. The third kappa shape index (κ3) is 3.90. The van der Waals surface area contributed by atoms with Crippen molar-refractivity contribution >= 4 is 44.7 Å². The van der Waals surface area contributed by atoms with Crippen molar-refractivity contribution in [3.63, 3.8) is 0 Å². The van der Waals surface area contributed by atoms with Crippen LogP contribution in [0.2, 0.25) is 0 Å². The molecule has 0 saturated heterocycles. The zero-order chi connectivity index (χ0) is 24.6. The minimum atomic E-state index is -2.90. The van der Waals surface area contributed by atoms with E-state index in [0.717, 1.165) is 13.2 Å². The number of carbonyl (C=O) groups excluding carboxylic acids is 2. The Morgan fingerprint density at radius 1 is 1.29 bits per heavy atom. The average molecular weight is 488 g/mol. The number of benzene rings is 1. The number of pyridine rings is 1. The second-order valence-electron chi connectivity index (χ2n) is 6.78. The number of fused-ring (bicyclic) bond motifs is 1. The SMILES string of the molecule is COc1n[nH]c(C(=O)Nc2c(C(N)=O)sc3nc(C(F)F)cc(-c4ccccc4)c23)c1[N+](=O)[O-]. The van der Waals surface area contributed by atoms with Gasteiger partial charge in [-0.2, -0.15) is 0 Å². The number of methoxy groups -OCH3 is 1. The summed E-state index contributed by atoms with van der Waals surface area (Å²) in [6, 6.07) is 9.56. The number of alkyl halides is 2. The molecule has 3 heterocycles. The van der Waals surface area contributed by atoms with E-state index in [4.69, 9.17) is 10.5 Å². The molecule has 0 atom stereocenters. The molecule has 14 heteroatoms. The summed E-state index contributed by atoms with van der Waals surface area (Å²) in [7, 11) is 1.14. The van der Waals surface area contributed by atoms with E-state index in [1.54, 1.807) is 30.3 Å². The number of anilines is 1. The minimum absolute atomic E-state index is 0.0254. The van der Waals surface area contributed by atoms with E-state index in [9.17, 15) is 28.5 Å². The summed E-state index contributed by atoms with van der Waals surface area (Å²) in [5, 5.41) is 19.9. The number of aromatic amines is 1. The predicted octanol–water partition coefficient (Wildman–Crippen LogP) is 3.89. The van der Waals surface area contributed by atoms with Crippen LogP contribution in [0.4, 0.5) is 20.2 Å². The molecular weight excluding hydrogens is 474 g/mol. The fraction of sp³-hybridized carbons (Fsp3) is 0.100. The van der Waals surface area contributed by atoms with Crippen LogP contribution in [0.15, 0.2) is 36.4 Å². The second-order valence-corrected chi connectivity index (χ2v) is 7.78. The topological polar surface area (TPSA) is 166 Å². The molecule has 0 aliphatic carbocycles. The minimum Gasteiger partial charge on any atom is -0.475 e. The molecule has 1 aromatic carbocycles. The molecule has 0 bridgehead atoms. The fourth-order valence-corrected chi connectivity index (χ4v) is 4.35. The van der Waals surface area contributed by atoms with Crippen molar-refractivity contribution in [2.24, 2.45) is 5.73 Å². The molecule has 4 N–H and O–H groups in total. The van der Waals surface area contributed by atoms with E-state index in [2.05, 4.69) is 20.5 Å². The van der Waals surface area contributed by atoms with Crippen molar-refractivity contribution in [1.82, 2.24) is 15.2 Å². The van der Waals surface area contributed by atoms with Gasteiger partial charge >= 0.3 is 11.6 Å². The monoisotopic (exact) mass is 488 g/mol. The number of nitrogens with two attached hydrogens (primary N) is 1. The van der Waals surface area contributed by atoms with Crippen LogP contribution in [0.3, 0.4) is 0 Å². The van der Waals surface area contributed by atoms with E-state index in [-0.39, 0.29) is 26.3 Å². The van der Waals surface area contributed by atoms with Gasteiger partial charge in [-0.25, -0.2) is 13.8 Å². The number of primary amides is 1. The molecule has 0 fully saturated rings. The highest BCUT2D eigenvalue weighted by Crippen LogP contribution is 2.43. The van der Waals surface area contributed by atoms with Gasteiger partial charge in [0.15, 0.2) is 0 Å². The van der Waals surface area contributed by atoms with Crippen molar-refractivity contribution in [2.75, 3.05) is 12.4 Å². The summed E-state index contributed by atoms with van der Waals surface area (Å²) in [6.45, 7) is 0. The number of aromatic nitrogens is 3. The number of thiophene rings is 1. The lowest BCUT2D eigenvalue weighted by molar-refractivity contribution is -0.386. The maximum absolute atomic E-state index is 13.5. The van der Waals surface area contributed by atoms with Crippen LogP contribution in [-0.2, 0) is 0 Å². The first-order valence-electron chi connectivity index (χ1n) is 9.41. The van der Waals surface area contributed by atoms with E-state index in [1.165, 1.54) is 0 Å².